The first kappa shape index (κ1) is 12.7. The van der Waals surface area contributed by atoms with Gasteiger partial charge in [-0.2, -0.15) is 11.3 Å². The van der Waals surface area contributed by atoms with Gasteiger partial charge in [-0.1, -0.05) is 22.0 Å². The molecule has 0 aliphatic heterocycles. The molecule has 0 saturated heterocycles. The van der Waals surface area contributed by atoms with Gasteiger partial charge in [-0.25, -0.2) is 4.39 Å². The maximum Gasteiger partial charge on any atom is 0.129 e. The van der Waals surface area contributed by atoms with Gasteiger partial charge >= 0.3 is 0 Å². The molecule has 1 atom stereocenters. The smallest absolute Gasteiger partial charge is 0.129 e. The van der Waals surface area contributed by atoms with Gasteiger partial charge in [-0.3, -0.25) is 0 Å². The first-order chi connectivity index (χ1) is 8.16. The van der Waals surface area contributed by atoms with Crippen molar-refractivity contribution in [2.45, 2.75) is 19.5 Å². The molecule has 1 nitrogen and oxygen atoms in total. The van der Waals surface area contributed by atoms with Crippen molar-refractivity contribution < 1.29 is 4.39 Å². The van der Waals surface area contributed by atoms with Gasteiger partial charge in [0.1, 0.15) is 5.82 Å². The van der Waals surface area contributed by atoms with Crippen LogP contribution in [0.2, 0.25) is 0 Å². The Morgan fingerprint density at radius 2 is 2.24 bits per heavy atom. The molecule has 90 valence electrons. The third-order valence-corrected chi connectivity index (χ3v) is 3.85. The second kappa shape index (κ2) is 5.76. The molecule has 0 aliphatic rings. The monoisotopic (exact) mass is 313 g/mol. The van der Waals surface area contributed by atoms with Crippen molar-refractivity contribution in [2.24, 2.45) is 0 Å². The Hall–Kier alpha value is -0.710. The van der Waals surface area contributed by atoms with Gasteiger partial charge in [0.05, 0.1) is 0 Å². The van der Waals surface area contributed by atoms with E-state index in [2.05, 4.69) is 32.7 Å². The van der Waals surface area contributed by atoms with E-state index in [0.29, 0.717) is 5.56 Å². The number of nitrogens with one attached hydrogen (secondary N) is 1. The first-order valence-electron chi connectivity index (χ1n) is 5.36. The van der Waals surface area contributed by atoms with Gasteiger partial charge < -0.3 is 5.32 Å². The number of halogens is 2. The van der Waals surface area contributed by atoms with Crippen molar-refractivity contribution in [3.8, 4) is 0 Å². The molecule has 1 aromatic carbocycles. The Morgan fingerprint density at radius 3 is 2.88 bits per heavy atom. The minimum Gasteiger partial charge on any atom is -0.306 e. The standard InChI is InChI=1S/C13H13BrFNS/c1-9(16-7-10-4-5-17-8-10)12-3-2-11(14)6-13(12)15/h2-6,8-9,16H,7H2,1H3. The summed E-state index contributed by atoms with van der Waals surface area (Å²) in [5, 5.41) is 7.45. The number of benzene rings is 1. The molecule has 0 fully saturated rings. The van der Waals surface area contributed by atoms with E-state index in [-0.39, 0.29) is 11.9 Å². The highest BCUT2D eigenvalue weighted by Crippen LogP contribution is 2.21. The minimum atomic E-state index is -0.176. The van der Waals surface area contributed by atoms with Gasteiger partial charge in [0.2, 0.25) is 0 Å². The highest BCUT2D eigenvalue weighted by atomic mass is 79.9. The quantitative estimate of drug-likeness (QED) is 0.876. The van der Waals surface area contributed by atoms with Gasteiger partial charge in [0, 0.05) is 22.6 Å². The summed E-state index contributed by atoms with van der Waals surface area (Å²) in [7, 11) is 0. The van der Waals surface area contributed by atoms with Crippen LogP contribution < -0.4 is 5.32 Å². The highest BCUT2D eigenvalue weighted by molar-refractivity contribution is 9.10. The van der Waals surface area contributed by atoms with Crippen LogP contribution in [0.1, 0.15) is 24.1 Å². The summed E-state index contributed by atoms with van der Waals surface area (Å²) in [4.78, 5) is 0. The Kier molecular flexibility index (Phi) is 4.31. The predicted octanol–water partition coefficient (Wildman–Crippen LogP) is 4.50. The fraction of sp³-hybridized carbons (Fsp3) is 0.231. The molecule has 0 bridgehead atoms. The van der Waals surface area contributed by atoms with Crippen LogP contribution in [0.5, 0.6) is 0 Å². The van der Waals surface area contributed by atoms with E-state index in [4.69, 9.17) is 0 Å². The lowest BCUT2D eigenvalue weighted by atomic mass is 10.1. The molecule has 2 rings (SSSR count). The molecule has 2 aromatic rings. The summed E-state index contributed by atoms with van der Waals surface area (Å²) in [6.07, 6.45) is 0. The lowest BCUT2D eigenvalue weighted by Gasteiger charge is -2.14. The number of thiophene rings is 1. The largest absolute Gasteiger partial charge is 0.306 e. The summed E-state index contributed by atoms with van der Waals surface area (Å²) < 4.78 is 14.5. The zero-order valence-electron chi connectivity index (χ0n) is 9.41. The average Bonchev–Trinajstić information content (AvgIpc) is 2.78. The van der Waals surface area contributed by atoms with Crippen LogP contribution in [0, 0.1) is 5.82 Å². The average molecular weight is 314 g/mol. The zero-order chi connectivity index (χ0) is 12.3. The fourth-order valence-electron chi connectivity index (χ4n) is 1.63. The normalized spacial score (nSPS) is 12.6. The Balaban J connectivity index is 2.01. The third-order valence-electron chi connectivity index (χ3n) is 2.62. The van der Waals surface area contributed by atoms with E-state index >= 15 is 0 Å². The van der Waals surface area contributed by atoms with Crippen molar-refractivity contribution in [3.63, 3.8) is 0 Å². The topological polar surface area (TPSA) is 12.0 Å². The fourth-order valence-corrected chi connectivity index (χ4v) is 2.63. The molecule has 1 unspecified atom stereocenters. The summed E-state index contributed by atoms with van der Waals surface area (Å²) in [5.74, 6) is -0.176. The van der Waals surface area contributed by atoms with Gasteiger partial charge in [-0.05, 0) is 41.4 Å². The van der Waals surface area contributed by atoms with E-state index in [1.54, 1.807) is 11.3 Å². The highest BCUT2D eigenvalue weighted by Gasteiger charge is 2.10. The summed E-state index contributed by atoms with van der Waals surface area (Å²) >= 11 is 4.93. The Morgan fingerprint density at radius 1 is 1.41 bits per heavy atom. The van der Waals surface area contributed by atoms with Crippen LogP contribution in [0.15, 0.2) is 39.5 Å². The summed E-state index contributed by atoms with van der Waals surface area (Å²) in [5.41, 5.74) is 1.93. The van der Waals surface area contributed by atoms with Crippen LogP contribution in [0.25, 0.3) is 0 Å². The molecular weight excluding hydrogens is 301 g/mol. The molecular formula is C13H13BrFNS. The number of hydrogen-bond acceptors (Lipinski definition) is 2. The first-order valence-corrected chi connectivity index (χ1v) is 7.10. The van der Waals surface area contributed by atoms with Crippen LogP contribution in [-0.2, 0) is 6.54 Å². The van der Waals surface area contributed by atoms with Crippen molar-refractivity contribution >= 4 is 27.3 Å². The lowest BCUT2D eigenvalue weighted by Crippen LogP contribution is -2.18. The Bertz CT molecular complexity index is 484. The maximum absolute atomic E-state index is 13.7. The van der Waals surface area contributed by atoms with Crippen LogP contribution in [0.4, 0.5) is 4.39 Å². The van der Waals surface area contributed by atoms with E-state index < -0.39 is 0 Å². The van der Waals surface area contributed by atoms with Gasteiger partial charge in [0.15, 0.2) is 0 Å². The molecule has 1 N–H and O–H groups in total. The van der Waals surface area contributed by atoms with Crippen LogP contribution in [-0.4, -0.2) is 0 Å². The van der Waals surface area contributed by atoms with Crippen molar-refractivity contribution in [1.82, 2.24) is 5.32 Å². The van der Waals surface area contributed by atoms with E-state index in [0.717, 1.165) is 11.0 Å². The minimum absolute atomic E-state index is 0.00278. The molecule has 1 heterocycles. The zero-order valence-corrected chi connectivity index (χ0v) is 11.8. The maximum atomic E-state index is 13.7. The summed E-state index contributed by atoms with van der Waals surface area (Å²) in [6.45, 7) is 2.73. The number of hydrogen-bond donors (Lipinski definition) is 1. The molecule has 0 amide bonds. The third kappa shape index (κ3) is 3.37. The van der Waals surface area contributed by atoms with E-state index in [1.165, 1.54) is 11.6 Å². The lowest BCUT2D eigenvalue weighted by molar-refractivity contribution is 0.528. The second-order valence-electron chi connectivity index (χ2n) is 3.90. The molecule has 17 heavy (non-hydrogen) atoms. The van der Waals surface area contributed by atoms with Crippen LogP contribution in [0.3, 0.4) is 0 Å². The SMILES string of the molecule is CC(NCc1ccsc1)c1ccc(Br)cc1F. The molecule has 0 spiro atoms. The van der Waals surface area contributed by atoms with Crippen LogP contribution >= 0.6 is 27.3 Å². The van der Waals surface area contributed by atoms with Crippen molar-refractivity contribution in [3.05, 3.63) is 56.4 Å². The van der Waals surface area contributed by atoms with Crippen molar-refractivity contribution in [1.29, 1.82) is 0 Å². The van der Waals surface area contributed by atoms with Gasteiger partial charge in [0.25, 0.3) is 0 Å². The second-order valence-corrected chi connectivity index (χ2v) is 5.60. The molecule has 0 aliphatic carbocycles. The number of rotatable bonds is 4. The van der Waals surface area contributed by atoms with E-state index in [9.17, 15) is 4.39 Å². The molecule has 1 aromatic heterocycles. The summed E-state index contributed by atoms with van der Waals surface area (Å²) in [6, 6.07) is 7.25. The predicted molar refractivity (Wildman–Crippen MR) is 73.7 cm³/mol. The van der Waals surface area contributed by atoms with Crippen molar-refractivity contribution in [2.75, 3.05) is 0 Å². The van der Waals surface area contributed by atoms with Gasteiger partial charge in [-0.15, -0.1) is 0 Å². The molecule has 0 radical (unpaired) electrons. The van der Waals surface area contributed by atoms with E-state index in [1.807, 2.05) is 24.4 Å². The Labute approximate surface area is 113 Å². The molecule has 0 saturated carbocycles. The molecule has 4 heteroatoms.